The van der Waals surface area contributed by atoms with Crippen molar-refractivity contribution in [3.8, 4) is 0 Å². The number of halogens is 6. The largest absolute Gasteiger partial charge is 0.458 e. The standard InChI is InChI=1S/C16H22F6O12S3/c1-7(2)32-10(23)14(17,18)35(26,27)13(36(28,29)15(19,20)11(24)33-8(3)4)37(30,31)16(21,22)12(25)34-9(5)6/h7-9,13H,1-6H3. The van der Waals surface area contributed by atoms with E-state index in [1.165, 1.54) is 0 Å². The Kier molecular flexibility index (Phi) is 10.3. The van der Waals surface area contributed by atoms with Crippen LogP contribution in [0.15, 0.2) is 0 Å². The number of alkyl halides is 6. The fourth-order valence-electron chi connectivity index (χ4n) is 2.06. The molecule has 0 unspecified atom stereocenters. The number of carbonyl (C=O) groups is 3. The maximum atomic E-state index is 14.6. The smallest absolute Gasteiger partial charge is 0.442 e. The number of rotatable bonds is 12. The zero-order chi connectivity index (χ0) is 30.2. The van der Waals surface area contributed by atoms with Gasteiger partial charge in [0.15, 0.2) is 0 Å². The number of hydrogen-bond donors (Lipinski definition) is 0. The number of esters is 3. The first kappa shape index (κ1) is 34.8. The lowest BCUT2D eigenvalue weighted by Gasteiger charge is -2.28. The summed E-state index contributed by atoms with van der Waals surface area (Å²) < 4.78 is 168. The van der Waals surface area contributed by atoms with Gasteiger partial charge in [-0.2, -0.15) is 26.3 Å². The van der Waals surface area contributed by atoms with Crippen LogP contribution in [-0.2, 0) is 58.1 Å². The molecule has 0 rings (SSSR count). The molecule has 0 aromatic rings. The van der Waals surface area contributed by atoms with E-state index in [1.807, 2.05) is 0 Å². The molecule has 12 nitrogen and oxygen atoms in total. The zero-order valence-electron chi connectivity index (χ0n) is 19.7. The molecule has 0 aliphatic heterocycles. The van der Waals surface area contributed by atoms with E-state index in [2.05, 4.69) is 14.2 Å². The molecular formula is C16H22F6O12S3. The third kappa shape index (κ3) is 6.47. The molecule has 0 atom stereocenters. The minimum atomic E-state index is -7.91. The predicted molar refractivity (Wildman–Crippen MR) is 109 cm³/mol. The van der Waals surface area contributed by atoms with Crippen molar-refractivity contribution in [3.05, 3.63) is 0 Å². The summed E-state index contributed by atoms with van der Waals surface area (Å²) in [6.45, 7) is 4.99. The van der Waals surface area contributed by atoms with Crippen LogP contribution in [0.2, 0.25) is 0 Å². The van der Waals surface area contributed by atoms with Gasteiger partial charge in [0.2, 0.25) is 0 Å². The minimum Gasteiger partial charge on any atom is -0.458 e. The van der Waals surface area contributed by atoms with Crippen LogP contribution in [0.25, 0.3) is 0 Å². The highest BCUT2D eigenvalue weighted by Gasteiger charge is 2.76. The lowest BCUT2D eigenvalue weighted by Crippen LogP contribution is -2.60. The Bertz CT molecular complexity index is 1070. The lowest BCUT2D eigenvalue weighted by molar-refractivity contribution is -0.165. The van der Waals surface area contributed by atoms with Gasteiger partial charge in [0.05, 0.1) is 18.3 Å². The highest BCUT2D eigenvalue weighted by atomic mass is 32.3. The summed E-state index contributed by atoms with van der Waals surface area (Å²) in [4.78, 5) is 34.9. The van der Waals surface area contributed by atoms with Gasteiger partial charge in [0.25, 0.3) is 33.4 Å². The van der Waals surface area contributed by atoms with Crippen LogP contribution >= 0.6 is 0 Å². The van der Waals surface area contributed by atoms with Crippen molar-refractivity contribution in [3.63, 3.8) is 0 Å². The number of ether oxygens (including phenoxy) is 3. The van der Waals surface area contributed by atoms with Gasteiger partial charge in [0, 0.05) is 0 Å². The van der Waals surface area contributed by atoms with Crippen LogP contribution in [0.5, 0.6) is 0 Å². The van der Waals surface area contributed by atoms with Crippen molar-refractivity contribution in [1.29, 1.82) is 0 Å². The summed E-state index contributed by atoms with van der Waals surface area (Å²) in [6.07, 6.45) is -4.82. The van der Waals surface area contributed by atoms with Crippen molar-refractivity contribution < 1.29 is 80.2 Å². The third-order valence-corrected chi connectivity index (χ3v) is 12.3. The summed E-state index contributed by atoms with van der Waals surface area (Å²) in [5.41, 5.74) is 0. The molecule has 0 bridgehead atoms. The molecule has 0 saturated heterocycles. The van der Waals surface area contributed by atoms with E-state index < -0.39 is 85.4 Å². The Morgan fingerprint density at radius 1 is 0.486 bits per heavy atom. The molecule has 0 fully saturated rings. The molecule has 37 heavy (non-hydrogen) atoms. The molecule has 21 heteroatoms. The molecule has 0 radical (unpaired) electrons. The van der Waals surface area contributed by atoms with Crippen LogP contribution in [0.3, 0.4) is 0 Å². The first-order chi connectivity index (χ1) is 16.1. The normalized spacial score (nSPS) is 14.3. The molecule has 0 heterocycles. The minimum absolute atomic E-state index is 0.831. The third-order valence-electron chi connectivity index (χ3n) is 3.57. The molecule has 218 valence electrons. The van der Waals surface area contributed by atoms with E-state index in [0.29, 0.717) is 0 Å². The summed E-state index contributed by atoms with van der Waals surface area (Å²) in [6, 6.07) is 0. The number of hydrogen-bond acceptors (Lipinski definition) is 12. The molecule has 0 aliphatic rings. The van der Waals surface area contributed by atoms with Gasteiger partial charge in [-0.3, -0.25) is 0 Å². The van der Waals surface area contributed by atoms with E-state index in [-0.39, 0.29) is 0 Å². The van der Waals surface area contributed by atoms with Gasteiger partial charge in [-0.05, 0) is 41.5 Å². The molecule has 0 aromatic carbocycles. The summed E-state index contributed by atoms with van der Waals surface area (Å²) in [5.74, 6) is -9.75. The second-order valence-electron chi connectivity index (χ2n) is 7.84. The molecular weight excluding hydrogens is 594 g/mol. The van der Waals surface area contributed by atoms with Gasteiger partial charge in [-0.25, -0.2) is 39.6 Å². The monoisotopic (exact) mass is 616 g/mol. The molecule has 0 amide bonds. The first-order valence-corrected chi connectivity index (χ1v) is 14.2. The number of sulfone groups is 3. The first-order valence-electron chi connectivity index (χ1n) is 9.60. The van der Waals surface area contributed by atoms with E-state index in [4.69, 9.17) is 0 Å². The summed E-state index contributed by atoms with van der Waals surface area (Å²) in [5, 5.41) is -19.2. The average Bonchev–Trinajstić information content (AvgIpc) is 2.64. The molecule has 0 N–H and O–H groups in total. The van der Waals surface area contributed by atoms with Crippen molar-refractivity contribution in [2.45, 2.75) is 79.5 Å². The highest BCUT2D eigenvalue weighted by molar-refractivity contribution is 8.25. The second kappa shape index (κ2) is 10.9. The Labute approximate surface area is 207 Å². The SMILES string of the molecule is CC(C)OC(=O)C(F)(F)S(=O)(=O)C(S(=O)(=O)C(F)(F)C(=O)OC(C)C)S(=O)(=O)C(F)(F)C(=O)OC(C)C. The van der Waals surface area contributed by atoms with E-state index in [0.717, 1.165) is 41.5 Å². The maximum absolute atomic E-state index is 14.6. The molecule has 0 aromatic heterocycles. The molecule has 0 saturated carbocycles. The molecule has 0 aliphatic carbocycles. The van der Waals surface area contributed by atoms with Gasteiger partial charge in [0.1, 0.15) is 0 Å². The Morgan fingerprint density at radius 3 is 0.784 bits per heavy atom. The van der Waals surface area contributed by atoms with Crippen molar-refractivity contribution >= 4 is 47.4 Å². The van der Waals surface area contributed by atoms with Crippen LogP contribution in [0.4, 0.5) is 26.3 Å². The van der Waals surface area contributed by atoms with Gasteiger partial charge in [-0.15, -0.1) is 0 Å². The van der Waals surface area contributed by atoms with Crippen LogP contribution in [-0.4, -0.2) is 81.2 Å². The van der Waals surface area contributed by atoms with E-state index in [1.54, 1.807) is 0 Å². The van der Waals surface area contributed by atoms with Crippen molar-refractivity contribution in [2.75, 3.05) is 0 Å². The van der Waals surface area contributed by atoms with Crippen LogP contribution in [0.1, 0.15) is 41.5 Å². The quantitative estimate of drug-likeness (QED) is 0.174. The van der Waals surface area contributed by atoms with Crippen LogP contribution < -0.4 is 0 Å². The summed E-state index contributed by atoms with van der Waals surface area (Å²) >= 11 is 0. The van der Waals surface area contributed by atoms with Crippen LogP contribution in [0, 0.1) is 0 Å². The van der Waals surface area contributed by atoms with Crippen molar-refractivity contribution in [2.24, 2.45) is 0 Å². The average molecular weight is 617 g/mol. The Morgan fingerprint density at radius 2 is 0.649 bits per heavy atom. The Balaban J connectivity index is 7.64. The predicted octanol–water partition coefficient (Wildman–Crippen LogP) is 1.15. The second-order valence-corrected chi connectivity index (χ2v) is 15.0. The van der Waals surface area contributed by atoms with Gasteiger partial charge < -0.3 is 14.2 Å². The lowest BCUT2D eigenvalue weighted by atomic mass is 10.5. The fourth-order valence-corrected chi connectivity index (χ4v) is 9.80. The molecule has 0 spiro atoms. The van der Waals surface area contributed by atoms with Gasteiger partial charge >= 0.3 is 33.7 Å². The Hall–Kier alpha value is -2.16. The van der Waals surface area contributed by atoms with E-state index >= 15 is 0 Å². The van der Waals surface area contributed by atoms with Crippen molar-refractivity contribution in [1.82, 2.24) is 0 Å². The van der Waals surface area contributed by atoms with E-state index in [9.17, 15) is 66.0 Å². The van der Waals surface area contributed by atoms with Gasteiger partial charge in [-0.1, -0.05) is 0 Å². The fraction of sp³-hybridized carbons (Fsp3) is 0.812. The number of carbonyl (C=O) groups excluding carboxylic acids is 3. The zero-order valence-corrected chi connectivity index (χ0v) is 22.2. The topological polar surface area (TPSA) is 181 Å². The highest BCUT2D eigenvalue weighted by Crippen LogP contribution is 2.43. The summed E-state index contributed by atoms with van der Waals surface area (Å²) in [7, 11) is -23.7. The maximum Gasteiger partial charge on any atom is 0.442 e.